The zero-order valence-corrected chi connectivity index (χ0v) is 37.1. The van der Waals surface area contributed by atoms with Crippen LogP contribution in [0.4, 0.5) is 17.8 Å². The number of carbonyl (C=O) groups excluding carboxylic acids is 2. The van der Waals surface area contributed by atoms with E-state index in [0.29, 0.717) is 77.7 Å². The molecule has 2 aliphatic heterocycles. The molecule has 0 spiro atoms. The summed E-state index contributed by atoms with van der Waals surface area (Å²) in [5.41, 5.74) is 12.3. The normalized spacial score (nSPS) is 15.9. The van der Waals surface area contributed by atoms with Gasteiger partial charge < -0.3 is 83.4 Å². The fraction of sp³-hybridized carbons (Fsp3) is 0.658. The van der Waals surface area contributed by atoms with Crippen molar-refractivity contribution in [3.8, 4) is 12.3 Å². The van der Waals surface area contributed by atoms with E-state index in [1.807, 2.05) is 9.80 Å². The Morgan fingerprint density at radius 1 is 0.682 bits per heavy atom. The fourth-order valence-electron chi connectivity index (χ4n) is 6.87. The topological polar surface area (TPSA) is 354 Å². The highest BCUT2D eigenvalue weighted by molar-refractivity contribution is 5.82. The van der Waals surface area contributed by atoms with Crippen molar-refractivity contribution >= 4 is 41.6 Å². The molecule has 2 amide bonds. The molecular weight excluding hydrogens is 892 g/mol. The van der Waals surface area contributed by atoms with Crippen LogP contribution in [0.2, 0.25) is 0 Å². The lowest BCUT2D eigenvalue weighted by Crippen LogP contribution is -3.00. The van der Waals surface area contributed by atoms with Crippen molar-refractivity contribution in [2.45, 2.75) is 49.9 Å². The Balaban J connectivity index is 0.00000952. The van der Waals surface area contributed by atoms with Gasteiger partial charge in [0, 0.05) is 71.7 Å². The first kappa shape index (κ1) is 52.8. The lowest BCUT2D eigenvalue weighted by molar-refractivity contribution is -0.140. The molecule has 3 aromatic rings. The van der Waals surface area contributed by atoms with Gasteiger partial charge in [0.1, 0.15) is 30.1 Å². The van der Waals surface area contributed by atoms with Crippen LogP contribution in [-0.2, 0) is 33.4 Å². The van der Waals surface area contributed by atoms with Gasteiger partial charge in [-0.15, -0.1) is 16.6 Å². The maximum atomic E-state index is 13.9. The first-order chi connectivity index (χ1) is 31.4. The largest absolute Gasteiger partial charge is 1.00 e. The van der Waals surface area contributed by atoms with Crippen LogP contribution in [0, 0.1) is 12.3 Å². The molecule has 2 fully saturated rings. The number of rotatable bonds is 27. The molecule has 27 nitrogen and oxygen atoms in total. The molecule has 0 saturated carbocycles. The van der Waals surface area contributed by atoms with Crippen LogP contribution >= 0.6 is 0 Å². The number of nitrogens with zero attached hydrogens (tertiary/aromatic N) is 13. The van der Waals surface area contributed by atoms with E-state index in [0.717, 1.165) is 0 Å². The van der Waals surface area contributed by atoms with Gasteiger partial charge >= 0.3 is 11.9 Å². The van der Waals surface area contributed by atoms with E-state index in [1.54, 1.807) is 9.80 Å². The number of amides is 2. The number of aliphatic carboxylic acids is 2. The van der Waals surface area contributed by atoms with Crippen molar-refractivity contribution < 1.29 is 66.2 Å². The molecule has 28 heteroatoms. The second-order valence-electron chi connectivity index (χ2n) is 15.0. The number of aliphatic hydroxyl groups is 2. The number of nitrogens with one attached hydrogen (secondary N) is 1. The van der Waals surface area contributed by atoms with E-state index in [9.17, 15) is 39.6 Å². The van der Waals surface area contributed by atoms with Crippen LogP contribution in [-0.4, -0.2) is 211 Å². The summed E-state index contributed by atoms with van der Waals surface area (Å²) >= 11 is 0. The molecule has 2 aliphatic rings. The number of piperazine rings is 2. The number of anilines is 3. The van der Waals surface area contributed by atoms with Gasteiger partial charge in [0.15, 0.2) is 0 Å². The van der Waals surface area contributed by atoms with Crippen molar-refractivity contribution in [3.05, 3.63) is 23.8 Å². The molecule has 364 valence electrons. The van der Waals surface area contributed by atoms with Gasteiger partial charge in [-0.2, -0.15) is 15.0 Å². The van der Waals surface area contributed by atoms with E-state index < -0.39 is 36.1 Å². The van der Waals surface area contributed by atoms with Crippen LogP contribution in [0.1, 0.15) is 61.2 Å². The third kappa shape index (κ3) is 15.4. The zero-order valence-electron chi connectivity index (χ0n) is 36.4. The Kier molecular flexibility index (Phi) is 21.5. The second kappa shape index (κ2) is 26.9. The van der Waals surface area contributed by atoms with Crippen molar-refractivity contribution in [3.63, 3.8) is 0 Å². The maximum absolute atomic E-state index is 13.9. The standard InChI is InChI=1S/C38H58N16O11.ClH/c1-2-16-63-18-20-65-21-19-64-17-7-41-36-42-37(51-12-8-49(9-13-51)34(61)30(3-5-32(57)58)53-22-28(45-47-53)26(39)24-55)44-38(43-36)52-14-10-50(11-15-52)35(62)31(4-6-33(59)60)54-23-29(46-48-54)27(40)25-56;/h1,22-23,26-27,30-31,55-56H,3-21,24-25,39-40H2,(H,57,58)(H,59,60)(H,41,42,43,44);1H/p-1/t26?,27?,30-,31-;/m0./s1. The number of halogens is 1. The zero-order chi connectivity index (χ0) is 46.7. The number of hydrogen-bond acceptors (Lipinski definition) is 21. The lowest BCUT2D eigenvalue weighted by atomic mass is 10.1. The number of carboxylic acids is 2. The predicted molar refractivity (Wildman–Crippen MR) is 227 cm³/mol. The highest BCUT2D eigenvalue weighted by Crippen LogP contribution is 2.24. The van der Waals surface area contributed by atoms with Crippen molar-refractivity contribution in [1.82, 2.24) is 54.7 Å². The van der Waals surface area contributed by atoms with E-state index in [2.05, 4.69) is 31.9 Å². The highest BCUT2D eigenvalue weighted by atomic mass is 35.5. The number of terminal acetylenes is 1. The molecule has 0 aliphatic carbocycles. The number of aliphatic hydroxyl groups excluding tert-OH is 2. The summed E-state index contributed by atoms with van der Waals surface area (Å²) in [6.07, 6.45) is 7.38. The average Bonchev–Trinajstić information content (AvgIpc) is 4.02. The van der Waals surface area contributed by atoms with Crippen molar-refractivity contribution in [1.29, 1.82) is 0 Å². The van der Waals surface area contributed by atoms with E-state index in [4.69, 9.17) is 47.1 Å². The van der Waals surface area contributed by atoms with Gasteiger partial charge in [0.2, 0.25) is 29.7 Å². The molecule has 0 radical (unpaired) electrons. The molecule has 0 bridgehead atoms. The number of hydrogen-bond donors (Lipinski definition) is 7. The van der Waals surface area contributed by atoms with E-state index >= 15 is 0 Å². The monoisotopic (exact) mass is 949 g/mol. The Morgan fingerprint density at radius 3 is 1.52 bits per heavy atom. The molecule has 2 unspecified atom stereocenters. The second-order valence-corrected chi connectivity index (χ2v) is 15.0. The third-order valence-electron chi connectivity index (χ3n) is 10.5. The summed E-state index contributed by atoms with van der Waals surface area (Å²) in [4.78, 5) is 72.0. The molecule has 2 saturated heterocycles. The van der Waals surface area contributed by atoms with Crippen LogP contribution < -0.4 is 39.0 Å². The molecule has 66 heavy (non-hydrogen) atoms. The van der Waals surface area contributed by atoms with Gasteiger partial charge in [-0.25, -0.2) is 9.36 Å². The van der Waals surface area contributed by atoms with Crippen LogP contribution in [0.5, 0.6) is 0 Å². The summed E-state index contributed by atoms with van der Waals surface area (Å²) < 4.78 is 18.9. The van der Waals surface area contributed by atoms with Crippen molar-refractivity contribution in [2.24, 2.45) is 11.5 Å². The Morgan fingerprint density at radius 2 is 1.11 bits per heavy atom. The smallest absolute Gasteiger partial charge is 0.303 e. The van der Waals surface area contributed by atoms with Crippen LogP contribution in [0.25, 0.3) is 0 Å². The number of carbonyl (C=O) groups is 4. The SMILES string of the molecule is C#CCOCCOCCOCCNc1nc(N2CCN(C(=O)[C@H](CCC(=O)O)n3cc(C(N)CO)nn3)CC2)nc(N2CCN(C(=O)[C@H](CCC(=O)O)n3cc(C(N)CO)nn3)CC2)n1.[Cl-]. The number of ether oxygens (including phenoxy) is 3. The Labute approximate surface area is 386 Å². The summed E-state index contributed by atoms with van der Waals surface area (Å²) in [6.45, 7) is 3.83. The van der Waals surface area contributed by atoms with Gasteiger partial charge in [-0.3, -0.25) is 19.2 Å². The molecule has 4 atom stereocenters. The Hall–Kier alpha value is -5.86. The highest BCUT2D eigenvalue weighted by Gasteiger charge is 2.34. The van der Waals surface area contributed by atoms with E-state index in [-0.39, 0.29) is 113 Å². The summed E-state index contributed by atoms with van der Waals surface area (Å²) in [6, 6.07) is -3.58. The molecule has 0 aromatic carbocycles. The molecule has 5 rings (SSSR count). The van der Waals surface area contributed by atoms with E-state index in [1.165, 1.54) is 21.8 Å². The number of carboxylic acid groups (broad SMARTS) is 2. The Bertz CT molecular complexity index is 1920. The van der Waals surface area contributed by atoms with Gasteiger partial charge in [0.05, 0.1) is 70.7 Å². The quantitative estimate of drug-likeness (QED) is 0.0276. The summed E-state index contributed by atoms with van der Waals surface area (Å²) in [5.74, 6) is 0.473. The predicted octanol–water partition coefficient (Wildman–Crippen LogP) is -6.35. The fourth-order valence-corrected chi connectivity index (χ4v) is 6.87. The first-order valence-corrected chi connectivity index (χ1v) is 21.2. The lowest BCUT2D eigenvalue weighted by Gasteiger charge is -2.38. The third-order valence-corrected chi connectivity index (χ3v) is 10.5. The maximum Gasteiger partial charge on any atom is 0.303 e. The molecule has 5 heterocycles. The number of aromatic nitrogens is 9. The first-order valence-electron chi connectivity index (χ1n) is 21.2. The number of nitrogens with two attached hydrogens (primary N) is 2. The average molecular weight is 950 g/mol. The molecular formula is C38H58ClN16O11-. The van der Waals surface area contributed by atoms with Crippen molar-refractivity contribution in [2.75, 3.05) is 127 Å². The van der Waals surface area contributed by atoms with Crippen LogP contribution in [0.3, 0.4) is 0 Å². The minimum Gasteiger partial charge on any atom is -1.00 e. The summed E-state index contributed by atoms with van der Waals surface area (Å²) in [7, 11) is 0. The molecule has 3 aromatic heterocycles. The summed E-state index contributed by atoms with van der Waals surface area (Å²) in [5, 5.41) is 56.9. The minimum absolute atomic E-state index is 0. The molecule has 9 N–H and O–H groups in total. The van der Waals surface area contributed by atoms with Gasteiger partial charge in [0.25, 0.3) is 0 Å². The van der Waals surface area contributed by atoms with Gasteiger partial charge in [-0.1, -0.05) is 16.3 Å². The van der Waals surface area contributed by atoms with Gasteiger partial charge in [-0.05, 0) is 12.8 Å². The van der Waals surface area contributed by atoms with Crippen LogP contribution in [0.15, 0.2) is 12.4 Å². The minimum atomic E-state index is -1.08.